The second kappa shape index (κ2) is 8.44. The van der Waals surface area contributed by atoms with E-state index in [1.807, 2.05) is 0 Å². The van der Waals surface area contributed by atoms with Crippen LogP contribution in [0, 0.1) is 10.1 Å². The van der Waals surface area contributed by atoms with Gasteiger partial charge in [0.1, 0.15) is 5.02 Å². The van der Waals surface area contributed by atoms with Crippen LogP contribution in [-0.2, 0) is 16.2 Å². The van der Waals surface area contributed by atoms with Crippen LogP contribution in [0.4, 0.5) is 18.9 Å². The summed E-state index contributed by atoms with van der Waals surface area (Å²) in [6.07, 6.45) is -4.84. The van der Waals surface area contributed by atoms with E-state index < -0.39 is 43.2 Å². The molecule has 0 atom stereocenters. The van der Waals surface area contributed by atoms with Gasteiger partial charge in [-0.15, -0.1) is 0 Å². The fourth-order valence-corrected chi connectivity index (χ4v) is 4.99. The van der Waals surface area contributed by atoms with E-state index in [1.165, 1.54) is 23.1 Å². The second-order valence-corrected chi connectivity index (χ2v) is 8.93. The molecule has 1 aliphatic rings. The molecule has 1 heterocycles. The number of carbonyl (C=O) groups excluding carboxylic acids is 1. The van der Waals surface area contributed by atoms with Crippen LogP contribution in [0.2, 0.25) is 5.02 Å². The molecule has 2 aromatic carbocycles. The predicted octanol–water partition coefficient (Wildman–Crippen LogP) is 3.41. The quantitative estimate of drug-likeness (QED) is 0.496. The Bertz CT molecular complexity index is 1130. The molecule has 1 amide bonds. The normalized spacial score (nSPS) is 15.7. The minimum absolute atomic E-state index is 0.00479. The molecule has 0 saturated carbocycles. The largest absolute Gasteiger partial charge is 0.417 e. The third-order valence-electron chi connectivity index (χ3n) is 4.73. The SMILES string of the molecule is O=C(c1ccc(Cl)c([N+](=O)[O-])c1)N1CCN(S(=O)(=O)c2ccccc2C(F)(F)F)CC1. The molecule has 166 valence electrons. The number of nitrogens with zero attached hydrogens (tertiary/aromatic N) is 3. The summed E-state index contributed by atoms with van der Waals surface area (Å²) < 4.78 is 66.1. The zero-order valence-electron chi connectivity index (χ0n) is 15.7. The Hall–Kier alpha value is -2.70. The average molecular weight is 478 g/mol. The van der Waals surface area contributed by atoms with Gasteiger partial charge in [0.05, 0.1) is 15.4 Å². The lowest BCUT2D eigenvalue weighted by Crippen LogP contribution is -2.50. The molecule has 0 N–H and O–H groups in total. The standard InChI is InChI=1S/C18H15ClF3N3O5S/c19-14-6-5-12(11-15(14)25(27)28)17(26)23-7-9-24(10-8-23)31(29,30)16-4-2-1-3-13(16)18(20,21)22/h1-6,11H,7-10H2. The number of hydrogen-bond acceptors (Lipinski definition) is 5. The van der Waals surface area contributed by atoms with E-state index in [2.05, 4.69) is 0 Å². The van der Waals surface area contributed by atoms with Crippen molar-refractivity contribution in [3.63, 3.8) is 0 Å². The molecule has 2 aromatic rings. The van der Waals surface area contributed by atoms with Crippen molar-refractivity contribution >= 4 is 33.2 Å². The van der Waals surface area contributed by atoms with Gasteiger partial charge in [0.25, 0.3) is 11.6 Å². The topological polar surface area (TPSA) is 101 Å². The van der Waals surface area contributed by atoms with Gasteiger partial charge in [-0.2, -0.15) is 17.5 Å². The van der Waals surface area contributed by atoms with Crippen molar-refractivity contribution in [3.05, 3.63) is 68.7 Å². The number of rotatable bonds is 4. The van der Waals surface area contributed by atoms with Crippen LogP contribution in [-0.4, -0.2) is 54.6 Å². The summed E-state index contributed by atoms with van der Waals surface area (Å²) in [5.41, 5.74) is -1.71. The fourth-order valence-electron chi connectivity index (χ4n) is 3.16. The molecule has 8 nitrogen and oxygen atoms in total. The van der Waals surface area contributed by atoms with Crippen molar-refractivity contribution in [2.75, 3.05) is 26.2 Å². The van der Waals surface area contributed by atoms with Gasteiger partial charge in [-0.25, -0.2) is 8.42 Å². The van der Waals surface area contributed by atoms with Gasteiger partial charge in [0, 0.05) is 37.8 Å². The van der Waals surface area contributed by atoms with Gasteiger partial charge >= 0.3 is 6.18 Å². The van der Waals surface area contributed by atoms with Crippen LogP contribution in [0.1, 0.15) is 15.9 Å². The van der Waals surface area contributed by atoms with Crippen LogP contribution in [0.25, 0.3) is 0 Å². The maximum absolute atomic E-state index is 13.2. The lowest BCUT2D eigenvalue weighted by molar-refractivity contribution is -0.384. The number of halogens is 4. The number of nitro benzene ring substituents is 1. The van der Waals surface area contributed by atoms with E-state index in [0.29, 0.717) is 6.07 Å². The first-order valence-corrected chi connectivity index (χ1v) is 10.6. The third kappa shape index (κ3) is 4.65. The second-order valence-electron chi connectivity index (χ2n) is 6.61. The van der Waals surface area contributed by atoms with Crippen molar-refractivity contribution < 1.29 is 31.3 Å². The molecule has 0 aliphatic carbocycles. The Morgan fingerprint density at radius 1 is 1.06 bits per heavy atom. The Balaban J connectivity index is 1.78. The first kappa shape index (κ1) is 23.0. The van der Waals surface area contributed by atoms with Crippen LogP contribution in [0.15, 0.2) is 47.4 Å². The molecule has 0 unspecified atom stereocenters. The first-order chi connectivity index (χ1) is 14.4. The molecule has 1 fully saturated rings. The van der Waals surface area contributed by atoms with Crippen LogP contribution in [0.5, 0.6) is 0 Å². The monoisotopic (exact) mass is 477 g/mol. The summed E-state index contributed by atoms with van der Waals surface area (Å²) >= 11 is 5.73. The fraction of sp³-hybridized carbons (Fsp3) is 0.278. The third-order valence-corrected chi connectivity index (χ3v) is 7.00. The van der Waals surface area contributed by atoms with E-state index in [9.17, 15) is 36.5 Å². The molecular weight excluding hydrogens is 463 g/mol. The zero-order chi connectivity index (χ0) is 23.0. The number of amides is 1. The number of carbonyl (C=O) groups is 1. The van der Waals surface area contributed by atoms with Crippen molar-refractivity contribution in [3.8, 4) is 0 Å². The summed E-state index contributed by atoms with van der Waals surface area (Å²) in [6.45, 7) is -0.642. The highest BCUT2D eigenvalue weighted by atomic mass is 35.5. The van der Waals surface area contributed by atoms with E-state index in [0.717, 1.165) is 22.5 Å². The predicted molar refractivity (Wildman–Crippen MR) is 104 cm³/mol. The van der Waals surface area contributed by atoms with Crippen molar-refractivity contribution in [2.24, 2.45) is 0 Å². The smallest absolute Gasteiger partial charge is 0.336 e. The highest BCUT2D eigenvalue weighted by molar-refractivity contribution is 7.89. The maximum Gasteiger partial charge on any atom is 0.417 e. The molecule has 0 bridgehead atoms. The van der Waals surface area contributed by atoms with Gasteiger partial charge in [0.15, 0.2) is 0 Å². The first-order valence-electron chi connectivity index (χ1n) is 8.82. The maximum atomic E-state index is 13.2. The molecule has 31 heavy (non-hydrogen) atoms. The van der Waals surface area contributed by atoms with Crippen LogP contribution >= 0.6 is 11.6 Å². The minimum Gasteiger partial charge on any atom is -0.336 e. The summed E-state index contributed by atoms with van der Waals surface area (Å²) in [5.74, 6) is -0.576. The molecule has 0 radical (unpaired) electrons. The van der Waals surface area contributed by atoms with Gasteiger partial charge in [-0.1, -0.05) is 23.7 Å². The molecule has 13 heteroatoms. The molecule has 0 spiro atoms. The number of hydrogen-bond donors (Lipinski definition) is 0. The average Bonchev–Trinajstić information content (AvgIpc) is 2.73. The molecular formula is C18H15ClF3N3O5S. The van der Waals surface area contributed by atoms with Gasteiger partial charge < -0.3 is 4.90 Å². The summed E-state index contributed by atoms with van der Waals surface area (Å²) in [4.78, 5) is 23.3. The van der Waals surface area contributed by atoms with E-state index in [-0.39, 0.29) is 36.8 Å². The zero-order valence-corrected chi connectivity index (χ0v) is 17.2. The Morgan fingerprint density at radius 3 is 2.26 bits per heavy atom. The molecule has 1 saturated heterocycles. The Labute approximate surface area is 180 Å². The highest BCUT2D eigenvalue weighted by Crippen LogP contribution is 2.35. The number of sulfonamides is 1. The lowest BCUT2D eigenvalue weighted by atomic mass is 10.1. The summed E-state index contributed by atoms with van der Waals surface area (Å²) in [6, 6.07) is 7.43. The van der Waals surface area contributed by atoms with Gasteiger partial charge in [0.2, 0.25) is 10.0 Å². The summed E-state index contributed by atoms with van der Waals surface area (Å²) in [5, 5.41) is 10.9. The van der Waals surface area contributed by atoms with Crippen molar-refractivity contribution in [1.82, 2.24) is 9.21 Å². The number of piperazine rings is 1. The molecule has 3 rings (SSSR count). The van der Waals surface area contributed by atoms with E-state index in [4.69, 9.17) is 11.6 Å². The van der Waals surface area contributed by atoms with E-state index in [1.54, 1.807) is 0 Å². The Morgan fingerprint density at radius 2 is 1.68 bits per heavy atom. The number of nitro groups is 1. The molecule has 0 aromatic heterocycles. The van der Waals surface area contributed by atoms with Gasteiger partial charge in [-0.05, 0) is 24.3 Å². The van der Waals surface area contributed by atoms with Crippen LogP contribution in [0.3, 0.4) is 0 Å². The van der Waals surface area contributed by atoms with E-state index >= 15 is 0 Å². The van der Waals surface area contributed by atoms with Crippen molar-refractivity contribution in [2.45, 2.75) is 11.1 Å². The minimum atomic E-state index is -4.84. The lowest BCUT2D eigenvalue weighted by Gasteiger charge is -2.34. The summed E-state index contributed by atoms with van der Waals surface area (Å²) in [7, 11) is -4.44. The number of alkyl halides is 3. The van der Waals surface area contributed by atoms with Crippen molar-refractivity contribution in [1.29, 1.82) is 0 Å². The van der Waals surface area contributed by atoms with Gasteiger partial charge in [-0.3, -0.25) is 14.9 Å². The number of benzene rings is 2. The highest BCUT2D eigenvalue weighted by Gasteiger charge is 2.39. The Kier molecular flexibility index (Phi) is 6.25. The molecule has 1 aliphatic heterocycles. The van der Waals surface area contributed by atoms with Crippen LogP contribution < -0.4 is 0 Å².